The number of halogens is 7. The maximum Gasteiger partial charge on any atom is 0.355 e. The molecule has 0 N–H and O–H groups in total. The standard InChI is InChI=1S/C8BrF6.3Y/c9-6-2-4(7(10,11)12)1-5(3-6)8(13,14)15;;;/q-3;;;. The zero-order chi connectivity index (χ0) is 11.9. The van der Waals surface area contributed by atoms with Gasteiger partial charge in [0.05, 0.1) is 0 Å². The minimum atomic E-state index is -4.92. The van der Waals surface area contributed by atoms with E-state index in [1.54, 1.807) is 12.1 Å². The van der Waals surface area contributed by atoms with Gasteiger partial charge in [-0.2, -0.15) is 26.3 Å². The summed E-state index contributed by atoms with van der Waals surface area (Å²) in [4.78, 5) is 0. The fourth-order valence-corrected chi connectivity index (χ4v) is 1.12. The number of alkyl halides is 6. The molecule has 0 heterocycles. The predicted molar refractivity (Wildman–Crippen MR) is 40.7 cm³/mol. The van der Waals surface area contributed by atoms with E-state index < -0.39 is 28.0 Å². The van der Waals surface area contributed by atoms with Crippen LogP contribution in [0.5, 0.6) is 0 Å². The smallest absolute Gasteiger partial charge is 0.355 e. The van der Waals surface area contributed by atoms with Crippen LogP contribution in [0, 0.1) is 18.2 Å². The SMILES string of the molecule is FC(F)(F)c1[c-]c(Br)[c-]c(C(F)(F)F)[c-]1.[Y].[Y].[Y]. The van der Waals surface area contributed by atoms with E-state index in [0.29, 0.717) is 0 Å². The summed E-state index contributed by atoms with van der Waals surface area (Å²) < 4.78 is 71.9. The molecule has 1 rings (SSSR count). The minimum Gasteiger partial charge on any atom is -0.522 e. The van der Waals surface area contributed by atoms with Crippen molar-refractivity contribution in [1.82, 2.24) is 0 Å². The molecule has 0 aromatic heterocycles. The van der Waals surface area contributed by atoms with E-state index in [4.69, 9.17) is 0 Å². The van der Waals surface area contributed by atoms with Crippen LogP contribution in [-0.4, -0.2) is 0 Å². The summed E-state index contributed by atoms with van der Waals surface area (Å²) in [6.45, 7) is 0. The first-order valence-corrected chi connectivity index (χ1v) is 4.12. The van der Waals surface area contributed by atoms with Crippen molar-refractivity contribution in [2.45, 2.75) is 12.4 Å². The van der Waals surface area contributed by atoms with E-state index in [0.717, 1.165) is 0 Å². The summed E-state index contributed by atoms with van der Waals surface area (Å²) in [5.74, 6) is 0. The van der Waals surface area contributed by atoms with Crippen molar-refractivity contribution in [3.05, 3.63) is 33.8 Å². The number of benzene rings is 1. The van der Waals surface area contributed by atoms with Gasteiger partial charge in [0.25, 0.3) is 0 Å². The molecule has 0 atom stereocenters. The Morgan fingerprint density at radius 2 is 0.944 bits per heavy atom. The van der Waals surface area contributed by atoms with E-state index in [1.165, 1.54) is 6.07 Å². The molecule has 0 spiro atoms. The van der Waals surface area contributed by atoms with Crippen LogP contribution in [0.4, 0.5) is 26.3 Å². The summed E-state index contributed by atoms with van der Waals surface area (Å²) in [6, 6.07) is 4.45. The van der Waals surface area contributed by atoms with Crippen LogP contribution in [0.3, 0.4) is 0 Å². The van der Waals surface area contributed by atoms with Crippen LogP contribution in [0.15, 0.2) is 4.47 Å². The Labute approximate surface area is 183 Å². The molecular formula is C8BrF6Y3-3. The average molecular weight is 557 g/mol. The Kier molecular flexibility index (Phi) is 13.6. The van der Waals surface area contributed by atoms with Crippen molar-refractivity contribution in [1.29, 1.82) is 0 Å². The van der Waals surface area contributed by atoms with Gasteiger partial charge in [-0.05, 0) is 0 Å². The van der Waals surface area contributed by atoms with Crippen molar-refractivity contribution in [2.24, 2.45) is 0 Å². The van der Waals surface area contributed by atoms with E-state index in [-0.39, 0.29) is 98.1 Å². The molecule has 0 nitrogen and oxygen atoms in total. The number of hydrogen-bond donors (Lipinski definition) is 0. The zero-order valence-electron chi connectivity index (χ0n) is 8.38. The van der Waals surface area contributed by atoms with Gasteiger partial charge in [0, 0.05) is 98.1 Å². The summed E-state index contributed by atoms with van der Waals surface area (Å²) in [6.07, 6.45) is -9.84. The van der Waals surface area contributed by atoms with E-state index in [2.05, 4.69) is 15.9 Å². The van der Waals surface area contributed by atoms with Crippen LogP contribution in [-0.2, 0) is 110 Å². The minimum absolute atomic E-state index is 0. The first-order chi connectivity index (χ1) is 6.60. The van der Waals surface area contributed by atoms with Crippen LogP contribution < -0.4 is 0 Å². The molecule has 0 amide bonds. The molecule has 0 unspecified atom stereocenters. The molecule has 1 aromatic rings. The van der Waals surface area contributed by atoms with Gasteiger partial charge >= 0.3 is 12.4 Å². The number of rotatable bonds is 0. The van der Waals surface area contributed by atoms with Gasteiger partial charge in [0.15, 0.2) is 0 Å². The van der Waals surface area contributed by atoms with Gasteiger partial charge in [-0.15, -0.1) is 15.9 Å². The molecule has 0 saturated heterocycles. The molecule has 1 aromatic carbocycles. The van der Waals surface area contributed by atoms with Gasteiger partial charge in [-0.25, -0.2) is 0 Å². The Balaban J connectivity index is -0.000000750. The normalized spacial score (nSPS) is 10.8. The maximum absolute atomic E-state index is 12.1. The molecule has 0 saturated carbocycles. The molecule has 0 aliphatic heterocycles. The maximum atomic E-state index is 12.1. The van der Waals surface area contributed by atoms with Crippen LogP contribution >= 0.6 is 15.9 Å². The van der Waals surface area contributed by atoms with E-state index in [1.807, 2.05) is 0 Å². The summed E-state index contributed by atoms with van der Waals surface area (Å²) >= 11 is 2.47. The monoisotopic (exact) mass is 556 g/mol. The molecule has 3 radical (unpaired) electrons. The van der Waals surface area contributed by atoms with Crippen LogP contribution in [0.25, 0.3) is 0 Å². The second-order valence-electron chi connectivity index (χ2n) is 2.43. The first-order valence-electron chi connectivity index (χ1n) is 3.32. The quantitative estimate of drug-likeness (QED) is 0.336. The average Bonchev–Trinajstić information content (AvgIpc) is 1.99. The van der Waals surface area contributed by atoms with Crippen molar-refractivity contribution < 1.29 is 124 Å². The first kappa shape index (κ1) is 25.5. The van der Waals surface area contributed by atoms with Crippen molar-refractivity contribution in [3.63, 3.8) is 0 Å². The summed E-state index contributed by atoms with van der Waals surface area (Å²) in [5.41, 5.74) is -3.22. The van der Waals surface area contributed by atoms with Gasteiger partial charge in [-0.3, -0.25) is 0 Å². The molecule has 0 aliphatic rings. The van der Waals surface area contributed by atoms with Gasteiger partial charge in [0.1, 0.15) is 0 Å². The van der Waals surface area contributed by atoms with E-state index in [9.17, 15) is 26.3 Å². The van der Waals surface area contributed by atoms with Crippen molar-refractivity contribution >= 4 is 15.9 Å². The molecule has 0 aliphatic carbocycles. The molecular weight excluding hydrogens is 557 g/mol. The van der Waals surface area contributed by atoms with Gasteiger partial charge in [0.2, 0.25) is 0 Å². The van der Waals surface area contributed by atoms with Crippen LogP contribution in [0.2, 0.25) is 0 Å². The Bertz CT molecular complexity index is 344. The van der Waals surface area contributed by atoms with Crippen LogP contribution in [0.1, 0.15) is 11.1 Å². The van der Waals surface area contributed by atoms with Crippen molar-refractivity contribution in [3.8, 4) is 0 Å². The largest absolute Gasteiger partial charge is 0.522 e. The molecule has 18 heavy (non-hydrogen) atoms. The van der Waals surface area contributed by atoms with E-state index >= 15 is 0 Å². The topological polar surface area (TPSA) is 0 Å². The fourth-order valence-electron chi connectivity index (χ4n) is 0.722. The van der Waals surface area contributed by atoms with Gasteiger partial charge < -0.3 is 33.8 Å². The third kappa shape index (κ3) is 8.14. The Hall–Kier alpha value is 2.59. The third-order valence-corrected chi connectivity index (χ3v) is 1.68. The summed E-state index contributed by atoms with van der Waals surface area (Å²) in [7, 11) is 0. The third-order valence-electron chi connectivity index (χ3n) is 1.29. The number of hydrogen-bond acceptors (Lipinski definition) is 0. The predicted octanol–water partition coefficient (Wildman–Crippen LogP) is 3.88. The summed E-state index contributed by atoms with van der Waals surface area (Å²) in [5, 5.41) is 0. The Morgan fingerprint density at radius 3 is 1.17 bits per heavy atom. The molecule has 93 valence electrons. The van der Waals surface area contributed by atoms with Crippen molar-refractivity contribution in [2.75, 3.05) is 0 Å². The fraction of sp³-hybridized carbons (Fsp3) is 0.250. The Morgan fingerprint density at radius 1 is 0.667 bits per heavy atom. The zero-order valence-corrected chi connectivity index (χ0v) is 18.5. The second kappa shape index (κ2) is 9.58. The molecule has 0 fully saturated rings. The second-order valence-corrected chi connectivity index (χ2v) is 3.23. The van der Waals surface area contributed by atoms with Gasteiger partial charge in [-0.1, -0.05) is 0 Å². The molecule has 10 heteroatoms. The molecule has 0 bridgehead atoms.